The number of halogens is 2. The van der Waals surface area contributed by atoms with Gasteiger partial charge in [0.25, 0.3) is 5.91 Å². The molecule has 1 unspecified atom stereocenters. The molecule has 1 aromatic carbocycles. The van der Waals surface area contributed by atoms with Gasteiger partial charge in [-0.1, -0.05) is 23.7 Å². The van der Waals surface area contributed by atoms with E-state index in [4.69, 9.17) is 11.6 Å². The van der Waals surface area contributed by atoms with Crippen molar-refractivity contribution in [2.45, 2.75) is 12.5 Å². The normalized spacial score (nSPS) is 13.5. The van der Waals surface area contributed by atoms with Gasteiger partial charge in [-0.3, -0.25) is 9.78 Å². The molecule has 1 heterocycles. The summed E-state index contributed by atoms with van der Waals surface area (Å²) in [6.07, 6.45) is 1.43. The molecule has 2 rings (SSSR count). The van der Waals surface area contributed by atoms with Gasteiger partial charge in [0.1, 0.15) is 17.1 Å². The SMILES string of the molecule is CC(O)(CNC(=O)c1cc(Cl)ccn1)c1ccc(F)cc1. The molecular formula is C15H14ClFN2O2. The van der Waals surface area contributed by atoms with Gasteiger partial charge in [0.2, 0.25) is 0 Å². The van der Waals surface area contributed by atoms with Crippen LogP contribution in [0.25, 0.3) is 0 Å². The second-order valence-corrected chi connectivity index (χ2v) is 5.26. The number of hydrogen-bond acceptors (Lipinski definition) is 3. The highest BCUT2D eigenvalue weighted by Gasteiger charge is 2.24. The maximum Gasteiger partial charge on any atom is 0.270 e. The molecule has 0 bridgehead atoms. The van der Waals surface area contributed by atoms with Gasteiger partial charge in [0.05, 0.1) is 6.54 Å². The van der Waals surface area contributed by atoms with Gasteiger partial charge in [-0.2, -0.15) is 0 Å². The lowest BCUT2D eigenvalue weighted by Crippen LogP contribution is -2.38. The zero-order chi connectivity index (χ0) is 15.5. The largest absolute Gasteiger partial charge is 0.384 e. The van der Waals surface area contributed by atoms with Gasteiger partial charge in [-0.05, 0) is 36.8 Å². The molecule has 6 heteroatoms. The van der Waals surface area contributed by atoms with E-state index < -0.39 is 11.5 Å². The molecular weight excluding hydrogens is 295 g/mol. The van der Waals surface area contributed by atoms with Crippen molar-refractivity contribution in [1.82, 2.24) is 10.3 Å². The molecule has 0 aliphatic rings. The molecule has 110 valence electrons. The molecule has 0 aliphatic carbocycles. The Bertz CT molecular complexity index is 644. The molecule has 4 nitrogen and oxygen atoms in total. The van der Waals surface area contributed by atoms with Gasteiger partial charge in [0.15, 0.2) is 0 Å². The van der Waals surface area contributed by atoms with E-state index in [0.29, 0.717) is 10.6 Å². The molecule has 0 aliphatic heterocycles. The monoisotopic (exact) mass is 308 g/mol. The highest BCUT2D eigenvalue weighted by molar-refractivity contribution is 6.30. The van der Waals surface area contributed by atoms with Crippen molar-refractivity contribution in [3.05, 3.63) is 64.7 Å². The lowest BCUT2D eigenvalue weighted by Gasteiger charge is -2.24. The van der Waals surface area contributed by atoms with E-state index in [1.165, 1.54) is 43.5 Å². The van der Waals surface area contributed by atoms with E-state index in [1.807, 2.05) is 0 Å². The highest BCUT2D eigenvalue weighted by atomic mass is 35.5. The summed E-state index contributed by atoms with van der Waals surface area (Å²) in [5, 5.41) is 13.3. The zero-order valence-corrected chi connectivity index (χ0v) is 12.1. The van der Waals surface area contributed by atoms with Crippen LogP contribution in [0.1, 0.15) is 23.0 Å². The van der Waals surface area contributed by atoms with Crippen LogP contribution in [0.3, 0.4) is 0 Å². The van der Waals surface area contributed by atoms with Crippen LogP contribution in [0.4, 0.5) is 4.39 Å². The summed E-state index contributed by atoms with van der Waals surface area (Å²) < 4.78 is 12.9. The topological polar surface area (TPSA) is 62.2 Å². The van der Waals surface area contributed by atoms with Crippen LogP contribution in [-0.2, 0) is 5.60 Å². The van der Waals surface area contributed by atoms with Crippen molar-refractivity contribution in [3.63, 3.8) is 0 Å². The minimum Gasteiger partial charge on any atom is -0.384 e. The van der Waals surface area contributed by atoms with Crippen molar-refractivity contribution in [2.24, 2.45) is 0 Å². The molecule has 0 saturated carbocycles. The number of nitrogens with one attached hydrogen (secondary N) is 1. The standard InChI is InChI=1S/C15H14ClFN2O2/c1-15(21,10-2-4-12(17)5-3-10)9-19-14(20)13-8-11(16)6-7-18-13/h2-8,21H,9H2,1H3,(H,19,20). The molecule has 0 radical (unpaired) electrons. The third-order valence-electron chi connectivity index (χ3n) is 3.01. The Balaban J connectivity index is 2.04. The Morgan fingerprint density at radius 2 is 2.05 bits per heavy atom. The summed E-state index contributed by atoms with van der Waals surface area (Å²) in [6, 6.07) is 8.45. The average molecular weight is 309 g/mol. The summed E-state index contributed by atoms with van der Waals surface area (Å²) in [5.41, 5.74) is -0.650. The van der Waals surface area contributed by atoms with Crippen molar-refractivity contribution < 1.29 is 14.3 Å². The molecule has 21 heavy (non-hydrogen) atoms. The molecule has 0 saturated heterocycles. The quantitative estimate of drug-likeness (QED) is 0.912. The number of rotatable bonds is 4. The predicted octanol–water partition coefficient (Wildman–Crippen LogP) is 2.51. The molecule has 1 atom stereocenters. The fourth-order valence-electron chi connectivity index (χ4n) is 1.78. The Morgan fingerprint density at radius 3 is 2.67 bits per heavy atom. The van der Waals surface area contributed by atoms with Gasteiger partial charge in [-0.15, -0.1) is 0 Å². The molecule has 0 spiro atoms. The first kappa shape index (κ1) is 15.4. The summed E-state index contributed by atoms with van der Waals surface area (Å²) in [7, 11) is 0. The van der Waals surface area contributed by atoms with E-state index >= 15 is 0 Å². The van der Waals surface area contributed by atoms with Crippen LogP contribution in [0.2, 0.25) is 5.02 Å². The van der Waals surface area contributed by atoms with Crippen LogP contribution >= 0.6 is 11.6 Å². The lowest BCUT2D eigenvalue weighted by atomic mass is 9.96. The van der Waals surface area contributed by atoms with Gasteiger partial charge in [-0.25, -0.2) is 4.39 Å². The average Bonchev–Trinajstić information content (AvgIpc) is 2.45. The molecule has 2 N–H and O–H groups in total. The minimum absolute atomic E-state index is 0.0361. The summed E-state index contributed by atoms with van der Waals surface area (Å²) >= 11 is 5.78. The Labute approximate surface area is 126 Å². The Kier molecular flexibility index (Phi) is 4.55. The lowest BCUT2D eigenvalue weighted by molar-refractivity contribution is 0.0524. The number of pyridine rings is 1. The maximum atomic E-state index is 12.9. The Morgan fingerprint density at radius 1 is 1.38 bits per heavy atom. The molecule has 0 fully saturated rings. The van der Waals surface area contributed by atoms with E-state index in [2.05, 4.69) is 10.3 Å². The van der Waals surface area contributed by atoms with Crippen LogP contribution in [0.5, 0.6) is 0 Å². The smallest absolute Gasteiger partial charge is 0.270 e. The number of benzene rings is 1. The van der Waals surface area contributed by atoms with Crippen LogP contribution in [-0.4, -0.2) is 22.5 Å². The number of carbonyl (C=O) groups is 1. The summed E-state index contributed by atoms with van der Waals surface area (Å²) in [6.45, 7) is 1.50. The number of hydrogen-bond donors (Lipinski definition) is 2. The fourth-order valence-corrected chi connectivity index (χ4v) is 1.94. The number of aliphatic hydroxyl groups is 1. The van der Waals surface area contributed by atoms with Crippen molar-refractivity contribution in [2.75, 3.05) is 6.54 Å². The van der Waals surface area contributed by atoms with Crippen LogP contribution in [0.15, 0.2) is 42.6 Å². The number of aromatic nitrogens is 1. The second-order valence-electron chi connectivity index (χ2n) is 4.82. The van der Waals surface area contributed by atoms with Crippen molar-refractivity contribution >= 4 is 17.5 Å². The summed E-state index contributed by atoms with van der Waals surface area (Å²) in [4.78, 5) is 15.8. The van der Waals surface area contributed by atoms with E-state index in [-0.39, 0.29) is 18.1 Å². The second kappa shape index (κ2) is 6.20. The van der Waals surface area contributed by atoms with Crippen LogP contribution in [0, 0.1) is 5.82 Å². The number of carbonyl (C=O) groups excluding carboxylic acids is 1. The number of amides is 1. The van der Waals surface area contributed by atoms with E-state index in [0.717, 1.165) is 0 Å². The predicted molar refractivity (Wildman–Crippen MR) is 77.6 cm³/mol. The molecule has 2 aromatic rings. The van der Waals surface area contributed by atoms with Crippen molar-refractivity contribution in [3.8, 4) is 0 Å². The van der Waals surface area contributed by atoms with E-state index in [1.54, 1.807) is 6.07 Å². The van der Waals surface area contributed by atoms with Crippen LogP contribution < -0.4 is 5.32 Å². The third kappa shape index (κ3) is 4.00. The molecule has 1 amide bonds. The van der Waals surface area contributed by atoms with Crippen molar-refractivity contribution in [1.29, 1.82) is 0 Å². The maximum absolute atomic E-state index is 12.9. The first-order chi connectivity index (χ1) is 9.88. The number of nitrogens with zero attached hydrogens (tertiary/aromatic N) is 1. The third-order valence-corrected chi connectivity index (χ3v) is 3.25. The van der Waals surface area contributed by atoms with Gasteiger partial charge < -0.3 is 10.4 Å². The van der Waals surface area contributed by atoms with E-state index in [9.17, 15) is 14.3 Å². The summed E-state index contributed by atoms with van der Waals surface area (Å²) in [5.74, 6) is -0.832. The first-order valence-corrected chi connectivity index (χ1v) is 6.64. The molecule has 1 aromatic heterocycles. The first-order valence-electron chi connectivity index (χ1n) is 6.27. The highest BCUT2D eigenvalue weighted by Crippen LogP contribution is 2.20. The fraction of sp³-hybridized carbons (Fsp3) is 0.200. The van der Waals surface area contributed by atoms with Gasteiger partial charge in [0, 0.05) is 11.2 Å². The Hall–Kier alpha value is -1.98. The van der Waals surface area contributed by atoms with Gasteiger partial charge >= 0.3 is 0 Å². The zero-order valence-electron chi connectivity index (χ0n) is 11.3. The minimum atomic E-state index is -1.32.